The van der Waals surface area contributed by atoms with Crippen molar-refractivity contribution in [3.8, 4) is 0 Å². The van der Waals surface area contributed by atoms with E-state index in [0.717, 1.165) is 13.0 Å². The lowest BCUT2D eigenvalue weighted by molar-refractivity contribution is 0.540. The Morgan fingerprint density at radius 1 is 0.958 bits per heavy atom. The third-order valence-electron chi connectivity index (χ3n) is 4.04. The molecule has 0 N–H and O–H groups in total. The number of benzene rings is 2. The Bertz CT molecular complexity index is 672. The third-order valence-corrected chi connectivity index (χ3v) is 4.04. The first-order valence-electron chi connectivity index (χ1n) is 7.63. The molecule has 0 aliphatic rings. The van der Waals surface area contributed by atoms with Crippen LogP contribution in [0.15, 0.2) is 79.4 Å². The number of rotatable bonds is 6. The second-order valence-corrected chi connectivity index (χ2v) is 5.46. The molecule has 0 amide bonds. The van der Waals surface area contributed by atoms with Crippen LogP contribution in [0.25, 0.3) is 0 Å². The lowest BCUT2D eigenvalue weighted by atomic mass is 10.0. The largest absolute Gasteiger partial charge is 0.367 e. The van der Waals surface area contributed by atoms with E-state index in [-0.39, 0.29) is 24.8 Å². The van der Waals surface area contributed by atoms with Crippen LogP contribution in [0.2, 0.25) is 0 Å². The lowest BCUT2D eigenvalue weighted by Gasteiger charge is -2.31. The molecule has 1 heterocycles. The van der Waals surface area contributed by atoms with Gasteiger partial charge >= 0.3 is 0 Å². The number of hydrogen-bond donors (Lipinski definition) is 0. The van der Waals surface area contributed by atoms with Crippen molar-refractivity contribution in [3.05, 3.63) is 84.9 Å². The van der Waals surface area contributed by atoms with Crippen molar-refractivity contribution in [1.82, 2.24) is 9.55 Å². The van der Waals surface area contributed by atoms with Crippen LogP contribution in [0.5, 0.6) is 0 Å². The highest BCUT2D eigenvalue weighted by Crippen LogP contribution is 2.28. The first-order chi connectivity index (χ1) is 10.8. The van der Waals surface area contributed by atoms with Crippen molar-refractivity contribution in [1.29, 1.82) is 0 Å². The van der Waals surface area contributed by atoms with Crippen LogP contribution in [-0.4, -0.2) is 16.6 Å². The average molecular weight is 364 g/mol. The fraction of sp³-hybridized carbons (Fsp3) is 0.211. The number of hydrogen-bond acceptors (Lipinski definition) is 2. The average Bonchev–Trinajstić information content (AvgIpc) is 3.10. The van der Waals surface area contributed by atoms with Gasteiger partial charge in [0, 0.05) is 31.7 Å². The van der Waals surface area contributed by atoms with E-state index in [4.69, 9.17) is 0 Å². The van der Waals surface area contributed by atoms with Gasteiger partial charge in [-0.15, -0.1) is 24.8 Å². The maximum absolute atomic E-state index is 4.13. The van der Waals surface area contributed by atoms with Gasteiger partial charge in [0.25, 0.3) is 0 Å². The second kappa shape index (κ2) is 10.0. The fourth-order valence-electron chi connectivity index (χ4n) is 2.79. The molecule has 3 aromatic rings. The molecule has 1 aromatic heterocycles. The monoisotopic (exact) mass is 363 g/mol. The standard InChI is InChI=1S/C19H21N3.2ClH/c1-21(18-10-6-3-7-11-18)19(17-8-4-2-5-9-17)12-14-22-15-13-20-16-22;;/h2-11,13,15-16,19H,12,14H2,1H3;2*1H. The number of para-hydroxylation sites is 1. The summed E-state index contributed by atoms with van der Waals surface area (Å²) in [6.45, 7) is 0.955. The van der Waals surface area contributed by atoms with Crippen molar-refractivity contribution in [2.24, 2.45) is 0 Å². The molecule has 0 saturated carbocycles. The Morgan fingerprint density at radius 3 is 2.17 bits per heavy atom. The van der Waals surface area contributed by atoms with Crippen molar-refractivity contribution < 1.29 is 0 Å². The van der Waals surface area contributed by atoms with Gasteiger partial charge in [-0.3, -0.25) is 0 Å². The van der Waals surface area contributed by atoms with E-state index < -0.39 is 0 Å². The Kier molecular flexibility index (Phi) is 8.37. The topological polar surface area (TPSA) is 21.1 Å². The van der Waals surface area contributed by atoms with Gasteiger partial charge in [0.1, 0.15) is 0 Å². The minimum Gasteiger partial charge on any atom is -0.367 e. The molecular weight excluding hydrogens is 341 g/mol. The summed E-state index contributed by atoms with van der Waals surface area (Å²) in [4.78, 5) is 6.48. The first kappa shape index (κ1) is 20.1. The minimum atomic E-state index is 0. The zero-order valence-electron chi connectivity index (χ0n) is 13.7. The highest BCUT2D eigenvalue weighted by atomic mass is 35.5. The van der Waals surface area contributed by atoms with Gasteiger partial charge in [-0.1, -0.05) is 48.5 Å². The molecule has 0 bridgehead atoms. The second-order valence-electron chi connectivity index (χ2n) is 5.46. The lowest BCUT2D eigenvalue weighted by Crippen LogP contribution is -2.25. The molecule has 0 spiro atoms. The summed E-state index contributed by atoms with van der Waals surface area (Å²) in [6.07, 6.45) is 6.76. The number of nitrogens with zero attached hydrogens (tertiary/aromatic N) is 3. The molecule has 0 fully saturated rings. The summed E-state index contributed by atoms with van der Waals surface area (Å²) in [6, 6.07) is 21.6. The molecule has 0 aliphatic heterocycles. The molecule has 0 saturated heterocycles. The molecular formula is C19H23Cl2N3. The Balaban J connectivity index is 0.00000144. The molecule has 3 rings (SSSR count). The molecule has 0 radical (unpaired) electrons. The number of anilines is 1. The summed E-state index contributed by atoms with van der Waals surface area (Å²) in [7, 11) is 2.17. The van der Waals surface area contributed by atoms with Gasteiger partial charge in [-0.25, -0.2) is 4.98 Å². The van der Waals surface area contributed by atoms with Crippen LogP contribution in [0, 0.1) is 0 Å². The Morgan fingerprint density at radius 2 is 1.58 bits per heavy atom. The van der Waals surface area contributed by atoms with Crippen LogP contribution in [0.1, 0.15) is 18.0 Å². The van der Waals surface area contributed by atoms with E-state index in [1.807, 2.05) is 18.7 Å². The first-order valence-corrected chi connectivity index (χ1v) is 7.63. The van der Waals surface area contributed by atoms with E-state index in [1.165, 1.54) is 11.3 Å². The number of aryl methyl sites for hydroxylation is 1. The van der Waals surface area contributed by atoms with Crippen LogP contribution < -0.4 is 4.90 Å². The smallest absolute Gasteiger partial charge is 0.0945 e. The van der Waals surface area contributed by atoms with Crippen LogP contribution in [0.4, 0.5) is 5.69 Å². The third kappa shape index (κ3) is 5.02. The highest BCUT2D eigenvalue weighted by molar-refractivity contribution is 5.85. The van der Waals surface area contributed by atoms with Gasteiger partial charge in [0.15, 0.2) is 0 Å². The van der Waals surface area contributed by atoms with E-state index >= 15 is 0 Å². The number of aromatic nitrogens is 2. The molecule has 128 valence electrons. The molecule has 1 atom stereocenters. The van der Waals surface area contributed by atoms with Crippen LogP contribution in [-0.2, 0) is 6.54 Å². The van der Waals surface area contributed by atoms with Crippen molar-refractivity contribution in [2.75, 3.05) is 11.9 Å². The molecule has 1 unspecified atom stereocenters. The predicted molar refractivity (Wildman–Crippen MR) is 105 cm³/mol. The molecule has 24 heavy (non-hydrogen) atoms. The van der Waals surface area contributed by atoms with Gasteiger partial charge in [0.2, 0.25) is 0 Å². The normalized spacial score (nSPS) is 11.0. The van der Waals surface area contributed by atoms with Gasteiger partial charge in [0.05, 0.1) is 12.4 Å². The zero-order valence-corrected chi connectivity index (χ0v) is 15.3. The number of imidazole rings is 1. The van der Waals surface area contributed by atoms with E-state index in [2.05, 4.69) is 82.2 Å². The molecule has 3 nitrogen and oxygen atoms in total. The van der Waals surface area contributed by atoms with Gasteiger partial charge < -0.3 is 9.47 Å². The van der Waals surface area contributed by atoms with Gasteiger partial charge in [-0.05, 0) is 24.1 Å². The fourth-order valence-corrected chi connectivity index (χ4v) is 2.79. The maximum atomic E-state index is 4.13. The van der Waals surface area contributed by atoms with Crippen LogP contribution in [0.3, 0.4) is 0 Å². The quantitative estimate of drug-likeness (QED) is 0.614. The molecule has 2 aromatic carbocycles. The predicted octanol–water partition coefficient (Wildman–Crippen LogP) is 4.99. The minimum absolute atomic E-state index is 0. The Labute approximate surface area is 156 Å². The number of halogens is 2. The summed E-state index contributed by atoms with van der Waals surface area (Å²) in [5.41, 5.74) is 2.58. The van der Waals surface area contributed by atoms with Gasteiger partial charge in [-0.2, -0.15) is 0 Å². The van der Waals surface area contributed by atoms with E-state index in [1.54, 1.807) is 0 Å². The zero-order chi connectivity index (χ0) is 15.2. The summed E-state index contributed by atoms with van der Waals surface area (Å²) < 4.78 is 2.13. The van der Waals surface area contributed by atoms with Crippen molar-refractivity contribution in [2.45, 2.75) is 19.0 Å². The highest BCUT2D eigenvalue weighted by Gasteiger charge is 2.17. The maximum Gasteiger partial charge on any atom is 0.0945 e. The molecule has 5 heteroatoms. The SMILES string of the molecule is CN(c1ccccc1)C(CCn1ccnc1)c1ccccc1.Cl.Cl. The Hall–Kier alpha value is -1.97. The van der Waals surface area contributed by atoms with Crippen molar-refractivity contribution >= 4 is 30.5 Å². The summed E-state index contributed by atoms with van der Waals surface area (Å²) >= 11 is 0. The summed E-state index contributed by atoms with van der Waals surface area (Å²) in [5, 5.41) is 0. The molecule has 0 aliphatic carbocycles. The van der Waals surface area contributed by atoms with Crippen LogP contribution >= 0.6 is 24.8 Å². The van der Waals surface area contributed by atoms with Crippen molar-refractivity contribution in [3.63, 3.8) is 0 Å². The van der Waals surface area contributed by atoms with E-state index in [9.17, 15) is 0 Å². The summed E-state index contributed by atoms with van der Waals surface area (Å²) in [5.74, 6) is 0. The van der Waals surface area contributed by atoms with E-state index in [0.29, 0.717) is 6.04 Å².